The molecule has 0 saturated carbocycles. The number of hydrogen-bond donors (Lipinski definition) is 1. The SMILES string of the molecule is Cc1cc(C)c(Nc2cnc(C(=O)N(C)C3CCS(=O)(=O)C3)cn2)c(C)c1. The third-order valence-electron chi connectivity index (χ3n) is 4.88. The second-order valence-corrected chi connectivity index (χ2v) is 9.39. The Morgan fingerprint density at radius 1 is 1.15 bits per heavy atom. The molecule has 144 valence electrons. The molecule has 2 heterocycles. The monoisotopic (exact) mass is 388 g/mol. The van der Waals surface area contributed by atoms with E-state index >= 15 is 0 Å². The maximum atomic E-state index is 12.6. The van der Waals surface area contributed by atoms with Crippen LogP contribution in [0.5, 0.6) is 0 Å². The van der Waals surface area contributed by atoms with Gasteiger partial charge in [-0.15, -0.1) is 0 Å². The average molecular weight is 388 g/mol. The maximum Gasteiger partial charge on any atom is 0.274 e. The summed E-state index contributed by atoms with van der Waals surface area (Å²) in [7, 11) is -1.44. The van der Waals surface area contributed by atoms with Gasteiger partial charge in [-0.2, -0.15) is 0 Å². The highest BCUT2D eigenvalue weighted by Gasteiger charge is 2.33. The van der Waals surface area contributed by atoms with E-state index in [1.54, 1.807) is 7.05 Å². The van der Waals surface area contributed by atoms with Crippen molar-refractivity contribution in [3.63, 3.8) is 0 Å². The number of carbonyl (C=O) groups excluding carboxylic acids is 1. The minimum atomic E-state index is -3.05. The number of benzene rings is 1. The first kappa shape index (κ1) is 19.3. The van der Waals surface area contributed by atoms with Crippen LogP contribution in [0.3, 0.4) is 0 Å². The van der Waals surface area contributed by atoms with Crippen molar-refractivity contribution in [3.8, 4) is 0 Å². The molecule has 0 bridgehead atoms. The number of hydrogen-bond acceptors (Lipinski definition) is 6. The Bertz CT molecular complexity index is 948. The van der Waals surface area contributed by atoms with E-state index in [2.05, 4.69) is 34.3 Å². The Labute approximate surface area is 159 Å². The van der Waals surface area contributed by atoms with Crippen LogP contribution in [0.4, 0.5) is 11.5 Å². The smallest absolute Gasteiger partial charge is 0.274 e. The van der Waals surface area contributed by atoms with Gasteiger partial charge < -0.3 is 10.2 Å². The van der Waals surface area contributed by atoms with Gasteiger partial charge in [0.2, 0.25) is 0 Å². The standard InChI is InChI=1S/C19H24N4O3S/c1-12-7-13(2)18(14(3)8-12)22-17-10-20-16(9-21-17)19(24)23(4)15-5-6-27(25,26)11-15/h7-10,15H,5-6,11H2,1-4H3,(H,21,22). The number of rotatable bonds is 4. The van der Waals surface area contributed by atoms with Gasteiger partial charge in [-0.25, -0.2) is 18.4 Å². The van der Waals surface area contributed by atoms with Gasteiger partial charge >= 0.3 is 0 Å². The van der Waals surface area contributed by atoms with E-state index in [0.29, 0.717) is 12.2 Å². The van der Waals surface area contributed by atoms with Crippen molar-refractivity contribution < 1.29 is 13.2 Å². The van der Waals surface area contributed by atoms with Gasteiger partial charge in [0, 0.05) is 18.8 Å². The summed E-state index contributed by atoms with van der Waals surface area (Å²) in [5.41, 5.74) is 4.58. The lowest BCUT2D eigenvalue weighted by Crippen LogP contribution is -2.38. The highest BCUT2D eigenvalue weighted by molar-refractivity contribution is 7.91. The Morgan fingerprint density at radius 2 is 1.81 bits per heavy atom. The van der Waals surface area contributed by atoms with Gasteiger partial charge in [-0.3, -0.25) is 4.79 Å². The molecule has 27 heavy (non-hydrogen) atoms. The van der Waals surface area contributed by atoms with Crippen molar-refractivity contribution >= 4 is 27.2 Å². The van der Waals surface area contributed by atoms with Gasteiger partial charge in [0.25, 0.3) is 5.91 Å². The molecule has 3 rings (SSSR count). The summed E-state index contributed by atoms with van der Waals surface area (Å²) in [5, 5.41) is 3.25. The van der Waals surface area contributed by atoms with E-state index < -0.39 is 9.84 Å². The predicted octanol–water partition coefficient (Wildman–Crippen LogP) is 2.40. The molecule has 1 aromatic heterocycles. The fourth-order valence-electron chi connectivity index (χ4n) is 3.44. The number of amides is 1. The van der Waals surface area contributed by atoms with Crippen molar-refractivity contribution in [2.45, 2.75) is 33.2 Å². The summed E-state index contributed by atoms with van der Waals surface area (Å²) < 4.78 is 23.2. The number of carbonyl (C=O) groups is 1. The number of nitrogens with one attached hydrogen (secondary N) is 1. The van der Waals surface area contributed by atoms with Crippen LogP contribution in [0.2, 0.25) is 0 Å². The fraction of sp³-hybridized carbons (Fsp3) is 0.421. The second kappa shape index (κ2) is 7.26. The first-order valence-corrected chi connectivity index (χ1v) is 10.6. The zero-order valence-corrected chi connectivity index (χ0v) is 16.8. The van der Waals surface area contributed by atoms with Gasteiger partial charge in [0.15, 0.2) is 9.84 Å². The Kier molecular flexibility index (Phi) is 5.19. The molecular formula is C19H24N4O3S. The zero-order chi connectivity index (χ0) is 19.8. The minimum Gasteiger partial charge on any atom is -0.339 e. The molecule has 1 aliphatic rings. The van der Waals surface area contributed by atoms with Crippen LogP contribution in [0.15, 0.2) is 24.5 Å². The minimum absolute atomic E-state index is 0.00822. The molecule has 1 atom stereocenters. The Morgan fingerprint density at radius 3 is 2.33 bits per heavy atom. The van der Waals surface area contributed by atoms with Gasteiger partial charge in [0.1, 0.15) is 11.5 Å². The van der Waals surface area contributed by atoms with Crippen LogP contribution in [-0.2, 0) is 9.84 Å². The van der Waals surface area contributed by atoms with E-state index in [-0.39, 0.29) is 29.1 Å². The first-order chi connectivity index (χ1) is 12.7. The van der Waals surface area contributed by atoms with E-state index in [9.17, 15) is 13.2 Å². The van der Waals surface area contributed by atoms with Crippen molar-refractivity contribution in [2.75, 3.05) is 23.9 Å². The molecule has 0 spiro atoms. The lowest BCUT2D eigenvalue weighted by Gasteiger charge is -2.22. The van der Waals surface area contributed by atoms with E-state index in [0.717, 1.165) is 16.8 Å². The van der Waals surface area contributed by atoms with Gasteiger partial charge in [-0.1, -0.05) is 17.7 Å². The number of aryl methyl sites for hydroxylation is 3. The Hall–Kier alpha value is -2.48. The summed E-state index contributed by atoms with van der Waals surface area (Å²) in [6, 6.07) is 3.87. The molecule has 2 aromatic rings. The van der Waals surface area contributed by atoms with E-state index in [1.807, 2.05) is 13.8 Å². The summed E-state index contributed by atoms with van der Waals surface area (Å²) in [4.78, 5) is 22.5. The zero-order valence-electron chi connectivity index (χ0n) is 16.0. The molecular weight excluding hydrogens is 364 g/mol. The quantitative estimate of drug-likeness (QED) is 0.865. The summed E-state index contributed by atoms with van der Waals surface area (Å²) in [6.45, 7) is 6.10. The average Bonchev–Trinajstić information content (AvgIpc) is 2.97. The van der Waals surface area contributed by atoms with Crippen LogP contribution in [0.25, 0.3) is 0 Å². The van der Waals surface area contributed by atoms with Crippen LogP contribution >= 0.6 is 0 Å². The van der Waals surface area contributed by atoms with Gasteiger partial charge in [-0.05, 0) is 38.3 Å². The number of nitrogens with zero attached hydrogens (tertiary/aromatic N) is 3. The molecule has 1 unspecified atom stereocenters. The lowest BCUT2D eigenvalue weighted by atomic mass is 10.1. The highest BCUT2D eigenvalue weighted by Crippen LogP contribution is 2.25. The summed E-state index contributed by atoms with van der Waals surface area (Å²) in [6.07, 6.45) is 3.40. The lowest BCUT2D eigenvalue weighted by molar-refractivity contribution is 0.0741. The Balaban J connectivity index is 1.73. The number of sulfone groups is 1. The summed E-state index contributed by atoms with van der Waals surface area (Å²) >= 11 is 0. The highest BCUT2D eigenvalue weighted by atomic mass is 32.2. The van der Waals surface area contributed by atoms with Crippen LogP contribution in [0.1, 0.15) is 33.6 Å². The van der Waals surface area contributed by atoms with Crippen molar-refractivity contribution in [3.05, 3.63) is 46.9 Å². The summed E-state index contributed by atoms with van der Waals surface area (Å²) in [5.74, 6) is 0.361. The van der Waals surface area contributed by atoms with Crippen LogP contribution in [-0.4, -0.2) is 53.8 Å². The van der Waals surface area contributed by atoms with E-state index in [4.69, 9.17) is 0 Å². The van der Waals surface area contributed by atoms with Gasteiger partial charge in [0.05, 0.1) is 23.9 Å². The first-order valence-electron chi connectivity index (χ1n) is 8.81. The topological polar surface area (TPSA) is 92.3 Å². The van der Waals surface area contributed by atoms with Crippen LogP contribution < -0.4 is 5.32 Å². The van der Waals surface area contributed by atoms with Crippen LogP contribution in [0, 0.1) is 20.8 Å². The molecule has 1 N–H and O–H groups in total. The largest absolute Gasteiger partial charge is 0.339 e. The molecule has 1 saturated heterocycles. The molecule has 8 heteroatoms. The fourth-order valence-corrected chi connectivity index (χ4v) is 5.21. The normalized spacial score (nSPS) is 18.3. The predicted molar refractivity (Wildman–Crippen MR) is 105 cm³/mol. The maximum absolute atomic E-state index is 12.6. The third-order valence-corrected chi connectivity index (χ3v) is 6.63. The van der Waals surface area contributed by atoms with Crippen molar-refractivity contribution in [1.82, 2.24) is 14.9 Å². The molecule has 0 radical (unpaired) electrons. The third kappa shape index (κ3) is 4.27. The van der Waals surface area contributed by atoms with Crippen molar-refractivity contribution in [2.24, 2.45) is 0 Å². The molecule has 0 aliphatic carbocycles. The van der Waals surface area contributed by atoms with E-state index in [1.165, 1.54) is 22.9 Å². The number of aromatic nitrogens is 2. The molecule has 1 aromatic carbocycles. The number of anilines is 2. The molecule has 1 amide bonds. The molecule has 7 nitrogen and oxygen atoms in total. The molecule has 1 fully saturated rings. The van der Waals surface area contributed by atoms with Crippen molar-refractivity contribution in [1.29, 1.82) is 0 Å². The molecule has 1 aliphatic heterocycles. The second-order valence-electron chi connectivity index (χ2n) is 7.16.